The van der Waals surface area contributed by atoms with Crippen molar-refractivity contribution < 1.29 is 9.90 Å². The van der Waals surface area contributed by atoms with Crippen LogP contribution < -0.4 is 10.6 Å². The van der Waals surface area contributed by atoms with Gasteiger partial charge in [-0.05, 0) is 37.8 Å². The van der Waals surface area contributed by atoms with Crippen molar-refractivity contribution in [1.82, 2.24) is 5.32 Å². The highest BCUT2D eigenvalue weighted by molar-refractivity contribution is 5.92. The molecule has 1 saturated carbocycles. The van der Waals surface area contributed by atoms with E-state index in [0.29, 0.717) is 6.54 Å². The van der Waals surface area contributed by atoms with Crippen molar-refractivity contribution in [3.63, 3.8) is 0 Å². The molecule has 1 aromatic rings. The van der Waals surface area contributed by atoms with Crippen molar-refractivity contribution in [2.24, 2.45) is 0 Å². The molecular formula is C14H20N2O2. The van der Waals surface area contributed by atoms with E-state index >= 15 is 0 Å². The van der Waals surface area contributed by atoms with Crippen LogP contribution in [0.1, 0.15) is 24.8 Å². The minimum absolute atomic E-state index is 0.0766. The first-order chi connectivity index (χ1) is 8.59. The first-order valence-electron chi connectivity index (χ1n) is 6.38. The molecule has 2 rings (SSSR count). The van der Waals surface area contributed by atoms with Crippen LogP contribution >= 0.6 is 0 Å². The number of aryl methyl sites for hydroxylation is 1. The van der Waals surface area contributed by atoms with Gasteiger partial charge in [-0.15, -0.1) is 0 Å². The summed E-state index contributed by atoms with van der Waals surface area (Å²) in [7, 11) is 0. The van der Waals surface area contributed by atoms with Gasteiger partial charge in [0.15, 0.2) is 0 Å². The summed E-state index contributed by atoms with van der Waals surface area (Å²) in [5.41, 5.74) is 1.30. The summed E-state index contributed by atoms with van der Waals surface area (Å²) >= 11 is 0. The Morgan fingerprint density at radius 1 is 1.39 bits per heavy atom. The predicted octanol–water partition coefficient (Wildman–Crippen LogP) is 1.44. The normalized spacial score (nSPS) is 17.0. The first-order valence-corrected chi connectivity index (χ1v) is 6.38. The molecule has 0 saturated heterocycles. The van der Waals surface area contributed by atoms with E-state index < -0.39 is 5.60 Å². The molecule has 1 aliphatic carbocycles. The van der Waals surface area contributed by atoms with E-state index in [1.54, 1.807) is 0 Å². The van der Waals surface area contributed by atoms with E-state index in [0.717, 1.165) is 30.5 Å². The second-order valence-electron chi connectivity index (χ2n) is 5.04. The van der Waals surface area contributed by atoms with Crippen LogP contribution in [-0.2, 0) is 4.79 Å². The molecule has 18 heavy (non-hydrogen) atoms. The molecule has 1 fully saturated rings. The van der Waals surface area contributed by atoms with Crippen LogP contribution in [0.5, 0.6) is 0 Å². The highest BCUT2D eigenvalue weighted by Crippen LogP contribution is 2.30. The Morgan fingerprint density at radius 2 is 2.11 bits per heavy atom. The summed E-state index contributed by atoms with van der Waals surface area (Å²) in [5.74, 6) is -0.0766. The minimum Gasteiger partial charge on any atom is -0.389 e. The molecular weight excluding hydrogens is 228 g/mol. The lowest BCUT2D eigenvalue weighted by Gasteiger charge is -2.36. The van der Waals surface area contributed by atoms with Crippen LogP contribution in [0, 0.1) is 6.92 Å². The van der Waals surface area contributed by atoms with Crippen molar-refractivity contribution >= 4 is 11.6 Å². The summed E-state index contributed by atoms with van der Waals surface area (Å²) in [6, 6.07) is 7.68. The zero-order chi connectivity index (χ0) is 13.0. The SMILES string of the molecule is Cc1ccccc1NC(=O)CNCC1(O)CCC1. The summed E-state index contributed by atoms with van der Waals surface area (Å²) in [6.07, 6.45) is 2.74. The maximum absolute atomic E-state index is 11.7. The predicted molar refractivity (Wildman–Crippen MR) is 71.5 cm³/mol. The molecule has 1 aromatic carbocycles. The standard InChI is InChI=1S/C14H20N2O2/c1-11-5-2-3-6-12(11)16-13(17)9-15-10-14(18)7-4-8-14/h2-3,5-6,15,18H,4,7-10H2,1H3,(H,16,17). The Morgan fingerprint density at radius 3 is 2.72 bits per heavy atom. The quantitative estimate of drug-likeness (QED) is 0.739. The topological polar surface area (TPSA) is 61.4 Å². The van der Waals surface area contributed by atoms with Gasteiger partial charge in [-0.1, -0.05) is 18.2 Å². The van der Waals surface area contributed by atoms with Gasteiger partial charge >= 0.3 is 0 Å². The monoisotopic (exact) mass is 248 g/mol. The van der Waals surface area contributed by atoms with Crippen LogP contribution in [0.4, 0.5) is 5.69 Å². The molecule has 0 radical (unpaired) electrons. The van der Waals surface area contributed by atoms with E-state index in [2.05, 4.69) is 10.6 Å². The Bertz CT molecular complexity index is 428. The number of nitrogens with one attached hydrogen (secondary N) is 2. The van der Waals surface area contributed by atoms with E-state index in [1.165, 1.54) is 0 Å². The molecule has 0 aromatic heterocycles. The second kappa shape index (κ2) is 5.50. The van der Waals surface area contributed by atoms with E-state index in [9.17, 15) is 9.90 Å². The third kappa shape index (κ3) is 3.31. The molecule has 1 aliphatic rings. The van der Waals surface area contributed by atoms with Crippen molar-refractivity contribution in [3.05, 3.63) is 29.8 Å². The van der Waals surface area contributed by atoms with Gasteiger partial charge in [-0.25, -0.2) is 0 Å². The van der Waals surface area contributed by atoms with E-state index in [1.807, 2.05) is 31.2 Å². The van der Waals surface area contributed by atoms with Gasteiger partial charge in [-0.2, -0.15) is 0 Å². The van der Waals surface area contributed by atoms with Gasteiger partial charge in [0.1, 0.15) is 0 Å². The highest BCUT2D eigenvalue weighted by Gasteiger charge is 2.33. The van der Waals surface area contributed by atoms with E-state index in [-0.39, 0.29) is 12.5 Å². The minimum atomic E-state index is -0.580. The van der Waals surface area contributed by atoms with E-state index in [4.69, 9.17) is 0 Å². The van der Waals surface area contributed by atoms with Crippen molar-refractivity contribution in [2.45, 2.75) is 31.8 Å². The van der Waals surface area contributed by atoms with Crippen LogP contribution in [0.2, 0.25) is 0 Å². The fraction of sp³-hybridized carbons (Fsp3) is 0.500. The van der Waals surface area contributed by atoms with Gasteiger partial charge in [-0.3, -0.25) is 4.79 Å². The molecule has 0 heterocycles. The molecule has 3 N–H and O–H groups in total. The zero-order valence-electron chi connectivity index (χ0n) is 10.7. The summed E-state index contributed by atoms with van der Waals surface area (Å²) in [6.45, 7) is 2.69. The molecule has 0 aliphatic heterocycles. The maximum Gasteiger partial charge on any atom is 0.238 e. The Hall–Kier alpha value is -1.39. The number of rotatable bonds is 5. The van der Waals surface area contributed by atoms with Crippen molar-refractivity contribution in [3.8, 4) is 0 Å². The fourth-order valence-corrected chi connectivity index (χ4v) is 2.08. The second-order valence-corrected chi connectivity index (χ2v) is 5.04. The van der Waals surface area contributed by atoms with Crippen LogP contribution in [-0.4, -0.2) is 29.7 Å². The summed E-state index contributed by atoms with van der Waals surface area (Å²) < 4.78 is 0. The van der Waals surface area contributed by atoms with Gasteiger partial charge in [0.25, 0.3) is 0 Å². The van der Waals surface area contributed by atoms with Crippen LogP contribution in [0.3, 0.4) is 0 Å². The molecule has 1 amide bonds. The Balaban J connectivity index is 1.74. The molecule has 98 valence electrons. The van der Waals surface area contributed by atoms with Crippen molar-refractivity contribution in [1.29, 1.82) is 0 Å². The summed E-state index contributed by atoms with van der Waals surface area (Å²) in [5, 5.41) is 15.7. The maximum atomic E-state index is 11.7. The smallest absolute Gasteiger partial charge is 0.238 e. The van der Waals surface area contributed by atoms with Crippen LogP contribution in [0.25, 0.3) is 0 Å². The van der Waals surface area contributed by atoms with Gasteiger partial charge in [0.05, 0.1) is 12.1 Å². The number of hydrogen-bond acceptors (Lipinski definition) is 3. The number of anilines is 1. The average molecular weight is 248 g/mol. The molecule has 0 bridgehead atoms. The molecule has 4 nitrogen and oxygen atoms in total. The van der Waals surface area contributed by atoms with Gasteiger partial charge in [0.2, 0.25) is 5.91 Å². The third-order valence-corrected chi connectivity index (χ3v) is 3.44. The van der Waals surface area contributed by atoms with Gasteiger partial charge < -0.3 is 15.7 Å². The number of hydrogen-bond donors (Lipinski definition) is 3. The lowest BCUT2D eigenvalue weighted by atomic mass is 9.80. The van der Waals surface area contributed by atoms with Crippen molar-refractivity contribution in [2.75, 3.05) is 18.4 Å². The number of benzene rings is 1. The average Bonchev–Trinajstić information content (AvgIpc) is 2.30. The number of carbonyl (C=O) groups excluding carboxylic acids is 1. The lowest BCUT2D eigenvalue weighted by Crippen LogP contribution is -2.47. The largest absolute Gasteiger partial charge is 0.389 e. The number of para-hydroxylation sites is 1. The Kier molecular flexibility index (Phi) is 3.99. The molecule has 0 atom stereocenters. The first kappa shape index (κ1) is 13.1. The lowest BCUT2D eigenvalue weighted by molar-refractivity contribution is -0.115. The zero-order valence-corrected chi connectivity index (χ0v) is 10.7. The van der Waals surface area contributed by atoms with Gasteiger partial charge in [0, 0.05) is 12.2 Å². The fourth-order valence-electron chi connectivity index (χ4n) is 2.08. The number of carbonyl (C=O) groups is 1. The molecule has 0 unspecified atom stereocenters. The van der Waals surface area contributed by atoms with Crippen LogP contribution in [0.15, 0.2) is 24.3 Å². The number of aliphatic hydroxyl groups is 1. The molecule has 0 spiro atoms. The summed E-state index contributed by atoms with van der Waals surface area (Å²) in [4.78, 5) is 11.7. The Labute approximate surface area is 107 Å². The number of amides is 1. The highest BCUT2D eigenvalue weighted by atomic mass is 16.3. The molecule has 4 heteroatoms. The third-order valence-electron chi connectivity index (χ3n) is 3.44.